The van der Waals surface area contributed by atoms with Gasteiger partial charge in [-0.25, -0.2) is 13.8 Å². The Morgan fingerprint density at radius 3 is 2.27 bits per heavy atom. The molecular formula is C27H24Cl2N4O3S. The minimum atomic E-state index is -4.11. The number of sulfonamides is 1. The monoisotopic (exact) mass is 554 g/mol. The van der Waals surface area contributed by atoms with Gasteiger partial charge in [0.1, 0.15) is 6.54 Å². The number of hydrazone groups is 1. The molecule has 1 heterocycles. The first-order chi connectivity index (χ1) is 17.7. The van der Waals surface area contributed by atoms with Gasteiger partial charge < -0.3 is 4.57 Å². The zero-order chi connectivity index (χ0) is 26.6. The van der Waals surface area contributed by atoms with Crippen LogP contribution in [0.2, 0.25) is 10.0 Å². The van der Waals surface area contributed by atoms with E-state index in [4.69, 9.17) is 23.2 Å². The van der Waals surface area contributed by atoms with Crippen molar-refractivity contribution in [2.75, 3.05) is 10.8 Å². The summed E-state index contributed by atoms with van der Waals surface area (Å²) < 4.78 is 29.9. The third-order valence-electron chi connectivity index (χ3n) is 5.67. The molecule has 4 rings (SSSR count). The van der Waals surface area contributed by atoms with Gasteiger partial charge in [-0.05, 0) is 62.4 Å². The summed E-state index contributed by atoms with van der Waals surface area (Å²) in [5, 5.41) is 4.51. The van der Waals surface area contributed by atoms with Crippen molar-refractivity contribution in [3.63, 3.8) is 0 Å². The van der Waals surface area contributed by atoms with Gasteiger partial charge in [0, 0.05) is 27.7 Å². The molecule has 0 unspecified atom stereocenters. The van der Waals surface area contributed by atoms with Crippen LogP contribution in [0.15, 0.2) is 94.9 Å². The van der Waals surface area contributed by atoms with Gasteiger partial charge in [0.15, 0.2) is 0 Å². The maximum atomic E-state index is 13.4. The second kappa shape index (κ2) is 11.2. The number of halogens is 2. The Bertz CT molecular complexity index is 1550. The fourth-order valence-corrected chi connectivity index (χ4v) is 5.96. The maximum Gasteiger partial charge on any atom is 0.264 e. The number of carbonyl (C=O) groups excluding carboxylic acids is 1. The number of aromatic nitrogens is 1. The van der Waals surface area contributed by atoms with Gasteiger partial charge in [0.2, 0.25) is 0 Å². The summed E-state index contributed by atoms with van der Waals surface area (Å²) in [7, 11) is -4.11. The first-order valence-corrected chi connectivity index (χ1v) is 13.5. The van der Waals surface area contributed by atoms with Gasteiger partial charge in [0.25, 0.3) is 15.9 Å². The fourth-order valence-electron chi connectivity index (χ4n) is 3.94. The van der Waals surface area contributed by atoms with Crippen molar-refractivity contribution in [1.82, 2.24) is 9.99 Å². The van der Waals surface area contributed by atoms with E-state index in [1.807, 2.05) is 50.2 Å². The number of hydrogen-bond acceptors (Lipinski definition) is 4. The number of anilines is 1. The second-order valence-electron chi connectivity index (χ2n) is 8.21. The van der Waals surface area contributed by atoms with E-state index in [-0.39, 0.29) is 15.6 Å². The molecule has 1 N–H and O–H groups in total. The van der Waals surface area contributed by atoms with Crippen LogP contribution in [0.5, 0.6) is 0 Å². The lowest BCUT2D eigenvalue weighted by molar-refractivity contribution is -0.119. The molecule has 190 valence electrons. The highest BCUT2D eigenvalue weighted by Crippen LogP contribution is 2.32. The SMILES string of the molecule is Cc1cc(/C=N\NC(=O)CN(c2ccc(Cl)cc2Cl)S(=O)(=O)c2ccccc2)c(C)n1-c1ccccc1. The number of carbonyl (C=O) groups is 1. The van der Waals surface area contributed by atoms with Crippen LogP contribution in [0.4, 0.5) is 5.69 Å². The molecule has 7 nitrogen and oxygen atoms in total. The number of para-hydroxylation sites is 1. The summed E-state index contributed by atoms with van der Waals surface area (Å²) in [6, 6.07) is 24.0. The van der Waals surface area contributed by atoms with Gasteiger partial charge >= 0.3 is 0 Å². The molecule has 37 heavy (non-hydrogen) atoms. The van der Waals surface area contributed by atoms with E-state index in [1.165, 1.54) is 36.5 Å². The number of hydrogen-bond donors (Lipinski definition) is 1. The van der Waals surface area contributed by atoms with Crippen LogP contribution in [0.3, 0.4) is 0 Å². The highest BCUT2D eigenvalue weighted by Gasteiger charge is 2.28. The fraction of sp³-hybridized carbons (Fsp3) is 0.111. The lowest BCUT2D eigenvalue weighted by atomic mass is 10.2. The minimum Gasteiger partial charge on any atom is -0.318 e. The highest BCUT2D eigenvalue weighted by atomic mass is 35.5. The first-order valence-electron chi connectivity index (χ1n) is 11.3. The van der Waals surface area contributed by atoms with Crippen LogP contribution in [0, 0.1) is 13.8 Å². The van der Waals surface area contributed by atoms with E-state index in [1.54, 1.807) is 18.2 Å². The van der Waals surface area contributed by atoms with Gasteiger partial charge in [-0.2, -0.15) is 5.10 Å². The van der Waals surface area contributed by atoms with Gasteiger partial charge in [-0.3, -0.25) is 9.10 Å². The molecule has 0 aliphatic rings. The van der Waals surface area contributed by atoms with Gasteiger partial charge in [-0.15, -0.1) is 0 Å². The molecule has 0 saturated heterocycles. The summed E-state index contributed by atoms with van der Waals surface area (Å²) in [5.41, 5.74) is 6.34. The first kappa shape index (κ1) is 26.5. The molecule has 3 aromatic carbocycles. The Hall–Kier alpha value is -3.59. The van der Waals surface area contributed by atoms with Crippen LogP contribution in [-0.2, 0) is 14.8 Å². The molecule has 0 fully saturated rings. The van der Waals surface area contributed by atoms with E-state index in [9.17, 15) is 13.2 Å². The van der Waals surface area contributed by atoms with Crippen molar-refractivity contribution in [3.8, 4) is 5.69 Å². The Morgan fingerprint density at radius 1 is 0.973 bits per heavy atom. The standard InChI is InChI=1S/C27H24Cl2N4O3S/c1-19-15-21(20(2)33(19)23-9-5-3-6-10-23)17-30-31-27(34)18-32(26-14-13-22(28)16-25(26)29)37(35,36)24-11-7-4-8-12-24/h3-17H,18H2,1-2H3,(H,31,34)/b30-17-. The molecule has 4 aromatic rings. The molecule has 0 saturated carbocycles. The van der Waals surface area contributed by atoms with E-state index in [0.717, 1.165) is 26.9 Å². The summed E-state index contributed by atoms with van der Waals surface area (Å²) in [5.74, 6) is -0.640. The third-order valence-corrected chi connectivity index (χ3v) is 7.99. The maximum absolute atomic E-state index is 13.4. The van der Waals surface area contributed by atoms with Crippen molar-refractivity contribution in [3.05, 3.63) is 112 Å². The van der Waals surface area contributed by atoms with Crippen molar-refractivity contribution >= 4 is 51.0 Å². The molecule has 0 radical (unpaired) electrons. The van der Waals surface area contributed by atoms with Gasteiger partial charge in [-0.1, -0.05) is 59.6 Å². The van der Waals surface area contributed by atoms with Crippen LogP contribution < -0.4 is 9.73 Å². The van der Waals surface area contributed by atoms with Crippen molar-refractivity contribution in [1.29, 1.82) is 0 Å². The number of nitrogens with one attached hydrogen (secondary N) is 1. The zero-order valence-corrected chi connectivity index (χ0v) is 22.4. The Balaban J connectivity index is 1.57. The lowest BCUT2D eigenvalue weighted by Crippen LogP contribution is -2.39. The molecule has 1 amide bonds. The minimum absolute atomic E-state index is 0.0191. The Morgan fingerprint density at radius 2 is 1.62 bits per heavy atom. The van der Waals surface area contributed by atoms with Crippen LogP contribution in [-0.4, -0.2) is 31.7 Å². The van der Waals surface area contributed by atoms with E-state index in [0.29, 0.717) is 5.02 Å². The average molecular weight is 555 g/mol. The predicted molar refractivity (Wildman–Crippen MR) is 148 cm³/mol. The topological polar surface area (TPSA) is 83.8 Å². The highest BCUT2D eigenvalue weighted by molar-refractivity contribution is 7.92. The lowest BCUT2D eigenvalue weighted by Gasteiger charge is -2.24. The molecule has 0 spiro atoms. The molecule has 0 bridgehead atoms. The molecule has 0 aliphatic heterocycles. The normalized spacial score (nSPS) is 11.6. The smallest absolute Gasteiger partial charge is 0.264 e. The predicted octanol–water partition coefficient (Wildman–Crippen LogP) is 5.75. The van der Waals surface area contributed by atoms with Crippen molar-refractivity contribution in [2.45, 2.75) is 18.7 Å². The quantitative estimate of drug-likeness (QED) is 0.222. The molecule has 10 heteroatoms. The number of nitrogens with zero attached hydrogens (tertiary/aromatic N) is 3. The number of rotatable bonds is 8. The van der Waals surface area contributed by atoms with E-state index >= 15 is 0 Å². The van der Waals surface area contributed by atoms with Gasteiger partial charge in [0.05, 0.1) is 21.8 Å². The zero-order valence-electron chi connectivity index (χ0n) is 20.1. The number of benzene rings is 3. The van der Waals surface area contributed by atoms with Crippen LogP contribution >= 0.6 is 23.2 Å². The second-order valence-corrected chi connectivity index (χ2v) is 10.9. The third kappa shape index (κ3) is 5.88. The summed E-state index contributed by atoms with van der Waals surface area (Å²) in [6.45, 7) is 3.40. The van der Waals surface area contributed by atoms with Crippen molar-refractivity contribution in [2.24, 2.45) is 5.10 Å². The summed E-state index contributed by atoms with van der Waals surface area (Å²) in [4.78, 5) is 12.9. The molecule has 1 aromatic heterocycles. The summed E-state index contributed by atoms with van der Waals surface area (Å²) >= 11 is 12.3. The number of amides is 1. The molecular weight excluding hydrogens is 531 g/mol. The van der Waals surface area contributed by atoms with Crippen molar-refractivity contribution < 1.29 is 13.2 Å². The average Bonchev–Trinajstić information content (AvgIpc) is 3.16. The largest absolute Gasteiger partial charge is 0.318 e. The molecule has 0 atom stereocenters. The van der Waals surface area contributed by atoms with E-state index < -0.39 is 22.5 Å². The van der Waals surface area contributed by atoms with Crippen LogP contribution in [0.25, 0.3) is 5.69 Å². The Labute approximate surface area is 226 Å². The number of aryl methyl sites for hydroxylation is 1. The Kier molecular flexibility index (Phi) is 8.02. The molecule has 0 aliphatic carbocycles. The van der Waals surface area contributed by atoms with Crippen LogP contribution in [0.1, 0.15) is 17.0 Å². The summed E-state index contributed by atoms with van der Waals surface area (Å²) in [6.07, 6.45) is 1.53. The van der Waals surface area contributed by atoms with E-state index in [2.05, 4.69) is 15.1 Å².